The van der Waals surface area contributed by atoms with E-state index in [0.29, 0.717) is 37.3 Å². The van der Waals surface area contributed by atoms with Crippen LogP contribution in [0.3, 0.4) is 0 Å². The SMILES string of the molecule is CCN(C(C)C)C(C)C.CCN(C(C)C)C(C)C.O=S(=O)(O)CCCN(CCCS(=O)(=O)O)c1ccccc1. The van der Waals surface area contributed by atoms with E-state index in [0.717, 1.165) is 18.8 Å². The summed E-state index contributed by atoms with van der Waals surface area (Å²) in [7, 11) is -8.02. The Labute approximate surface area is 240 Å². The van der Waals surface area contributed by atoms with Crippen LogP contribution in [0.1, 0.15) is 82.1 Å². The maximum absolute atomic E-state index is 10.7. The molecule has 0 saturated carbocycles. The number of hydrogen-bond donors (Lipinski definition) is 2. The van der Waals surface area contributed by atoms with E-state index < -0.39 is 20.2 Å². The highest BCUT2D eigenvalue weighted by molar-refractivity contribution is 7.86. The first-order valence-corrected chi connectivity index (χ1v) is 17.3. The summed E-state index contributed by atoms with van der Waals surface area (Å²) in [5, 5.41) is 0. The minimum Gasteiger partial charge on any atom is -0.371 e. The molecule has 0 saturated heterocycles. The molecule has 0 heterocycles. The van der Waals surface area contributed by atoms with Gasteiger partial charge >= 0.3 is 0 Å². The third-order valence-corrected chi connectivity index (χ3v) is 7.77. The molecule has 39 heavy (non-hydrogen) atoms. The Morgan fingerprint density at radius 3 is 1.13 bits per heavy atom. The van der Waals surface area contributed by atoms with Crippen LogP contribution in [-0.4, -0.2) is 97.6 Å². The summed E-state index contributed by atoms with van der Waals surface area (Å²) in [6.07, 6.45) is 0.444. The summed E-state index contributed by atoms with van der Waals surface area (Å²) in [4.78, 5) is 6.73. The summed E-state index contributed by atoms with van der Waals surface area (Å²) in [5.41, 5.74) is 0.822. The molecular formula is C28H57N3O6S2. The monoisotopic (exact) mass is 595 g/mol. The Hall–Kier alpha value is -1.24. The predicted octanol–water partition coefficient (Wildman–Crippen LogP) is 5.30. The van der Waals surface area contributed by atoms with E-state index in [9.17, 15) is 16.8 Å². The second-order valence-corrected chi connectivity index (χ2v) is 13.8. The normalized spacial score (nSPS) is 12.2. The summed E-state index contributed by atoms with van der Waals surface area (Å²) < 4.78 is 60.3. The molecule has 0 fully saturated rings. The van der Waals surface area contributed by atoms with Gasteiger partial charge in [0.25, 0.3) is 20.2 Å². The van der Waals surface area contributed by atoms with Crippen molar-refractivity contribution in [3.63, 3.8) is 0 Å². The Balaban J connectivity index is 0. The standard InChI is InChI=1S/C12H19NO6S2.2C8H19N/c14-20(15,16)10-4-8-13(9-5-11-21(17,18)19)12-6-2-1-3-7-12;2*1-6-9(7(2)3)8(4)5/h1-3,6-7H,4-5,8-11H2,(H,14,15,16)(H,17,18,19);2*7-8H,6H2,1-5H3. The molecule has 1 aromatic rings. The van der Waals surface area contributed by atoms with Crippen LogP contribution >= 0.6 is 0 Å². The van der Waals surface area contributed by atoms with Crippen molar-refractivity contribution >= 4 is 25.9 Å². The molecule has 2 N–H and O–H groups in total. The van der Waals surface area contributed by atoms with Gasteiger partial charge in [0.1, 0.15) is 0 Å². The zero-order valence-electron chi connectivity index (χ0n) is 26.0. The lowest BCUT2D eigenvalue weighted by atomic mass is 10.2. The van der Waals surface area contributed by atoms with Crippen molar-refractivity contribution in [2.24, 2.45) is 0 Å². The maximum atomic E-state index is 10.7. The topological polar surface area (TPSA) is 118 Å². The van der Waals surface area contributed by atoms with Crippen molar-refractivity contribution in [3.05, 3.63) is 30.3 Å². The van der Waals surface area contributed by atoms with Crippen molar-refractivity contribution < 1.29 is 25.9 Å². The number of hydrogen-bond acceptors (Lipinski definition) is 7. The van der Waals surface area contributed by atoms with Crippen molar-refractivity contribution in [3.8, 4) is 0 Å². The van der Waals surface area contributed by atoms with Crippen LogP contribution in [-0.2, 0) is 20.2 Å². The van der Waals surface area contributed by atoms with E-state index in [4.69, 9.17) is 9.11 Å². The van der Waals surface area contributed by atoms with Gasteiger partial charge in [-0.25, -0.2) is 0 Å². The smallest absolute Gasteiger partial charge is 0.264 e. The molecular weight excluding hydrogens is 538 g/mol. The second-order valence-electron chi connectivity index (χ2n) is 10.6. The minimum atomic E-state index is -4.01. The molecule has 0 aliphatic carbocycles. The highest BCUT2D eigenvalue weighted by atomic mass is 32.2. The second kappa shape index (κ2) is 20.6. The first-order valence-electron chi connectivity index (χ1n) is 14.1. The van der Waals surface area contributed by atoms with Crippen LogP contribution in [0.15, 0.2) is 30.3 Å². The Morgan fingerprint density at radius 2 is 0.923 bits per heavy atom. The van der Waals surface area contributed by atoms with Gasteiger partial charge in [-0.15, -0.1) is 0 Å². The van der Waals surface area contributed by atoms with E-state index in [1.807, 2.05) is 35.2 Å². The molecule has 0 bridgehead atoms. The quantitative estimate of drug-likeness (QED) is 0.260. The first-order chi connectivity index (χ1) is 17.9. The summed E-state index contributed by atoms with van der Waals surface area (Å²) in [6.45, 7) is 25.4. The van der Waals surface area contributed by atoms with Crippen LogP contribution in [0.2, 0.25) is 0 Å². The Bertz CT molecular complexity index is 863. The van der Waals surface area contributed by atoms with Crippen LogP contribution in [0.4, 0.5) is 5.69 Å². The Kier molecular flexibility index (Phi) is 21.1. The van der Waals surface area contributed by atoms with Crippen LogP contribution in [0, 0.1) is 0 Å². The van der Waals surface area contributed by atoms with Crippen molar-refractivity contribution in [1.29, 1.82) is 0 Å². The lowest BCUT2D eigenvalue weighted by Crippen LogP contribution is -2.36. The van der Waals surface area contributed by atoms with Gasteiger partial charge in [-0.05, 0) is 93.5 Å². The van der Waals surface area contributed by atoms with E-state index >= 15 is 0 Å². The zero-order valence-corrected chi connectivity index (χ0v) is 27.7. The molecule has 11 heteroatoms. The zero-order chi connectivity index (χ0) is 30.8. The predicted molar refractivity (Wildman–Crippen MR) is 166 cm³/mol. The molecule has 0 aromatic heterocycles. The largest absolute Gasteiger partial charge is 0.371 e. The highest BCUT2D eigenvalue weighted by Gasteiger charge is 2.12. The maximum Gasteiger partial charge on any atom is 0.264 e. The number of anilines is 1. The molecule has 232 valence electrons. The average molecular weight is 596 g/mol. The number of rotatable bonds is 15. The third kappa shape index (κ3) is 22.2. The van der Waals surface area contributed by atoms with Crippen molar-refractivity contribution in [2.75, 3.05) is 42.6 Å². The molecule has 0 radical (unpaired) electrons. The van der Waals surface area contributed by atoms with Crippen LogP contribution in [0.5, 0.6) is 0 Å². The third-order valence-electron chi connectivity index (χ3n) is 6.17. The van der Waals surface area contributed by atoms with Gasteiger partial charge in [-0.2, -0.15) is 16.8 Å². The van der Waals surface area contributed by atoms with Gasteiger partial charge < -0.3 is 4.90 Å². The van der Waals surface area contributed by atoms with E-state index in [-0.39, 0.29) is 24.3 Å². The van der Waals surface area contributed by atoms with Gasteiger partial charge in [0.15, 0.2) is 0 Å². The number of nitrogens with zero attached hydrogens (tertiary/aromatic N) is 3. The van der Waals surface area contributed by atoms with Gasteiger partial charge in [0, 0.05) is 42.9 Å². The van der Waals surface area contributed by atoms with Gasteiger partial charge in [0.2, 0.25) is 0 Å². The van der Waals surface area contributed by atoms with E-state index in [1.165, 1.54) is 0 Å². The molecule has 0 unspecified atom stereocenters. The van der Waals surface area contributed by atoms with E-state index in [2.05, 4.69) is 79.0 Å². The molecule has 0 atom stereocenters. The molecule has 9 nitrogen and oxygen atoms in total. The van der Waals surface area contributed by atoms with Gasteiger partial charge in [-0.1, -0.05) is 32.0 Å². The summed E-state index contributed by atoms with van der Waals surface area (Å²) in [6, 6.07) is 11.9. The van der Waals surface area contributed by atoms with Crippen LogP contribution in [0.25, 0.3) is 0 Å². The molecule has 1 aromatic carbocycles. The molecule has 0 aliphatic heterocycles. The highest BCUT2D eigenvalue weighted by Crippen LogP contribution is 2.14. The molecule has 0 amide bonds. The van der Waals surface area contributed by atoms with Gasteiger partial charge in [-0.3, -0.25) is 18.9 Å². The summed E-state index contributed by atoms with van der Waals surface area (Å²) >= 11 is 0. The van der Waals surface area contributed by atoms with Crippen molar-refractivity contribution in [2.45, 2.75) is 106 Å². The van der Waals surface area contributed by atoms with Gasteiger partial charge in [0.05, 0.1) is 11.5 Å². The molecule has 0 spiro atoms. The first kappa shape index (κ1) is 39.9. The lowest BCUT2D eigenvalue weighted by Gasteiger charge is -2.28. The molecule has 1 rings (SSSR count). The van der Waals surface area contributed by atoms with Crippen LogP contribution < -0.4 is 4.90 Å². The number of benzene rings is 1. The lowest BCUT2D eigenvalue weighted by molar-refractivity contribution is 0.185. The fourth-order valence-corrected chi connectivity index (χ4v) is 5.53. The summed E-state index contributed by atoms with van der Waals surface area (Å²) in [5.74, 6) is -0.705. The number of para-hydroxylation sites is 1. The van der Waals surface area contributed by atoms with E-state index in [1.54, 1.807) is 0 Å². The minimum absolute atomic E-state index is 0.222. The fraction of sp³-hybridized carbons (Fsp3) is 0.786. The average Bonchev–Trinajstić information content (AvgIpc) is 2.78. The van der Waals surface area contributed by atoms with Crippen molar-refractivity contribution in [1.82, 2.24) is 9.80 Å². The fourth-order valence-electron chi connectivity index (χ4n) is 4.54. The Morgan fingerprint density at radius 1 is 0.615 bits per heavy atom. The molecule has 0 aliphatic rings.